The molecule has 0 saturated heterocycles. The molecule has 0 aromatic carbocycles. The first-order valence-electron chi connectivity index (χ1n) is 5.90. The van der Waals surface area contributed by atoms with Gasteiger partial charge in [0.1, 0.15) is 0 Å². The van der Waals surface area contributed by atoms with Crippen LogP contribution in [0.3, 0.4) is 0 Å². The van der Waals surface area contributed by atoms with Gasteiger partial charge in [-0.15, -0.1) is 0 Å². The molecule has 92 valence electrons. The van der Waals surface area contributed by atoms with Gasteiger partial charge in [-0.3, -0.25) is 0 Å². The van der Waals surface area contributed by atoms with Crippen molar-refractivity contribution >= 4 is 8.53 Å². The lowest BCUT2D eigenvalue weighted by atomic mass is 10.3. The topological polar surface area (TPSA) is 32.7 Å². The Hall–Kier alpha value is 0.310. The zero-order valence-corrected chi connectivity index (χ0v) is 11.6. The lowest BCUT2D eigenvalue weighted by Gasteiger charge is -2.32. The van der Waals surface area contributed by atoms with E-state index in [1.807, 2.05) is 4.67 Å². The average molecular weight is 235 g/mol. The van der Waals surface area contributed by atoms with Crippen LogP contribution in [-0.2, 0) is 4.52 Å². The lowest BCUT2D eigenvalue weighted by Crippen LogP contribution is -2.32. The van der Waals surface area contributed by atoms with Crippen LogP contribution in [0.2, 0.25) is 0 Å². The Morgan fingerprint density at radius 2 is 1.67 bits per heavy atom. The van der Waals surface area contributed by atoms with Crippen molar-refractivity contribution in [3.8, 4) is 0 Å². The van der Waals surface area contributed by atoms with Gasteiger partial charge >= 0.3 is 0 Å². The summed E-state index contributed by atoms with van der Waals surface area (Å²) in [6, 6.07) is 0.652. The summed E-state index contributed by atoms with van der Waals surface area (Å²) in [5.74, 6) is 0. The van der Waals surface area contributed by atoms with E-state index in [4.69, 9.17) is 4.52 Å². The molecule has 0 radical (unpaired) electrons. The maximum atomic E-state index is 9.92. The molecular weight excluding hydrogens is 209 g/mol. The minimum absolute atomic E-state index is 0.326. The van der Waals surface area contributed by atoms with Crippen molar-refractivity contribution in [3.05, 3.63) is 0 Å². The molecule has 0 aromatic heterocycles. The first kappa shape index (κ1) is 15.3. The Morgan fingerprint density at radius 3 is 2.07 bits per heavy atom. The van der Waals surface area contributed by atoms with Gasteiger partial charge in [0.15, 0.2) is 0 Å². The normalized spacial score (nSPS) is 14.2. The first-order valence-corrected chi connectivity index (χ1v) is 7.07. The molecule has 1 unspecified atom stereocenters. The molecule has 0 spiro atoms. The molecule has 0 saturated carbocycles. The molecule has 0 heterocycles. The van der Waals surface area contributed by atoms with Crippen LogP contribution in [0.4, 0.5) is 0 Å². The molecule has 0 aliphatic carbocycles. The SMILES string of the molecule is CCCCCOP(O)N(C(C)C)C(C)C. The predicted molar refractivity (Wildman–Crippen MR) is 66.7 cm³/mol. The third-order valence-electron chi connectivity index (χ3n) is 2.21. The zero-order valence-electron chi connectivity index (χ0n) is 10.7. The summed E-state index contributed by atoms with van der Waals surface area (Å²) < 4.78 is 7.50. The van der Waals surface area contributed by atoms with E-state index in [2.05, 4.69) is 34.6 Å². The Kier molecular flexibility index (Phi) is 8.64. The van der Waals surface area contributed by atoms with Gasteiger partial charge in [0, 0.05) is 12.1 Å². The van der Waals surface area contributed by atoms with Crippen molar-refractivity contribution in [2.24, 2.45) is 0 Å². The minimum atomic E-state index is -1.41. The number of hydrogen-bond donors (Lipinski definition) is 1. The molecule has 0 bridgehead atoms. The fourth-order valence-electron chi connectivity index (χ4n) is 1.56. The van der Waals surface area contributed by atoms with Crippen LogP contribution < -0.4 is 0 Å². The van der Waals surface area contributed by atoms with Crippen molar-refractivity contribution in [2.45, 2.75) is 66.0 Å². The average Bonchev–Trinajstić information content (AvgIpc) is 2.11. The van der Waals surface area contributed by atoms with Crippen LogP contribution >= 0.6 is 8.53 Å². The summed E-state index contributed by atoms with van der Waals surface area (Å²) in [7, 11) is -1.41. The molecule has 1 N–H and O–H groups in total. The van der Waals surface area contributed by atoms with Gasteiger partial charge in [-0.25, -0.2) is 4.67 Å². The molecule has 3 nitrogen and oxygen atoms in total. The third kappa shape index (κ3) is 6.47. The second-order valence-electron chi connectivity index (χ2n) is 4.36. The van der Waals surface area contributed by atoms with Crippen molar-refractivity contribution in [3.63, 3.8) is 0 Å². The van der Waals surface area contributed by atoms with E-state index in [0.29, 0.717) is 18.7 Å². The third-order valence-corrected chi connectivity index (χ3v) is 3.94. The van der Waals surface area contributed by atoms with Crippen molar-refractivity contribution in [1.29, 1.82) is 0 Å². The molecule has 15 heavy (non-hydrogen) atoms. The summed E-state index contributed by atoms with van der Waals surface area (Å²) >= 11 is 0. The van der Waals surface area contributed by atoms with Gasteiger partial charge in [-0.05, 0) is 34.1 Å². The maximum Gasteiger partial charge on any atom is 0.256 e. The van der Waals surface area contributed by atoms with E-state index in [1.165, 1.54) is 12.8 Å². The lowest BCUT2D eigenvalue weighted by molar-refractivity contribution is 0.209. The zero-order chi connectivity index (χ0) is 11.8. The Balaban J connectivity index is 3.87. The predicted octanol–water partition coefficient (Wildman–Crippen LogP) is 3.53. The van der Waals surface area contributed by atoms with Crippen molar-refractivity contribution < 1.29 is 9.42 Å². The number of hydrogen-bond acceptors (Lipinski definition) is 3. The number of unbranched alkanes of at least 4 members (excludes halogenated alkanes) is 2. The van der Waals surface area contributed by atoms with Crippen LogP contribution in [0.1, 0.15) is 53.9 Å². The summed E-state index contributed by atoms with van der Waals surface area (Å²) in [5.41, 5.74) is 0. The number of rotatable bonds is 8. The number of nitrogens with zero attached hydrogens (tertiary/aromatic N) is 1. The highest BCUT2D eigenvalue weighted by atomic mass is 31.2. The highest BCUT2D eigenvalue weighted by Gasteiger charge is 2.23. The summed E-state index contributed by atoms with van der Waals surface area (Å²) in [6.45, 7) is 11.2. The molecule has 0 fully saturated rings. The highest BCUT2D eigenvalue weighted by Crippen LogP contribution is 2.40. The van der Waals surface area contributed by atoms with Gasteiger partial charge in [0.25, 0.3) is 8.53 Å². The van der Waals surface area contributed by atoms with E-state index in [1.54, 1.807) is 0 Å². The van der Waals surface area contributed by atoms with Crippen LogP contribution in [0, 0.1) is 0 Å². The first-order chi connectivity index (χ1) is 7.00. The molecule has 0 aromatic rings. The van der Waals surface area contributed by atoms with Crippen LogP contribution in [0.15, 0.2) is 0 Å². The summed E-state index contributed by atoms with van der Waals surface area (Å²) in [6.07, 6.45) is 3.40. The minimum Gasteiger partial charge on any atom is -0.338 e. The van der Waals surface area contributed by atoms with Crippen molar-refractivity contribution in [1.82, 2.24) is 4.67 Å². The van der Waals surface area contributed by atoms with Gasteiger partial charge < -0.3 is 9.42 Å². The monoisotopic (exact) mass is 235 g/mol. The van der Waals surface area contributed by atoms with E-state index >= 15 is 0 Å². The fraction of sp³-hybridized carbons (Fsp3) is 1.00. The van der Waals surface area contributed by atoms with E-state index in [-0.39, 0.29) is 0 Å². The maximum absolute atomic E-state index is 9.92. The van der Waals surface area contributed by atoms with E-state index in [9.17, 15) is 4.89 Å². The Morgan fingerprint density at radius 1 is 1.13 bits per heavy atom. The van der Waals surface area contributed by atoms with Crippen LogP contribution in [0.5, 0.6) is 0 Å². The van der Waals surface area contributed by atoms with Gasteiger partial charge in [-0.2, -0.15) is 0 Å². The molecule has 0 aliphatic heterocycles. The van der Waals surface area contributed by atoms with Gasteiger partial charge in [0.2, 0.25) is 0 Å². The molecule has 0 amide bonds. The molecule has 0 aliphatic rings. The Bertz CT molecular complexity index is 146. The van der Waals surface area contributed by atoms with Crippen LogP contribution in [0.25, 0.3) is 0 Å². The smallest absolute Gasteiger partial charge is 0.256 e. The van der Waals surface area contributed by atoms with E-state index in [0.717, 1.165) is 6.42 Å². The van der Waals surface area contributed by atoms with Gasteiger partial charge in [-0.1, -0.05) is 19.8 Å². The highest BCUT2D eigenvalue weighted by molar-refractivity contribution is 7.43. The molecular formula is C11H26NO2P. The van der Waals surface area contributed by atoms with Crippen LogP contribution in [-0.4, -0.2) is 28.3 Å². The molecule has 1 atom stereocenters. The van der Waals surface area contributed by atoms with Crippen molar-refractivity contribution in [2.75, 3.05) is 6.61 Å². The summed E-state index contributed by atoms with van der Waals surface area (Å²) in [5, 5.41) is 0. The second kappa shape index (κ2) is 8.46. The largest absolute Gasteiger partial charge is 0.338 e. The molecule has 4 heteroatoms. The molecule has 0 rings (SSSR count). The van der Waals surface area contributed by atoms with E-state index < -0.39 is 8.53 Å². The standard InChI is InChI=1S/C11H26NO2P/c1-6-7-8-9-14-15(13)12(10(2)3)11(4)5/h10-11,13H,6-9H2,1-5H3. The summed E-state index contributed by atoms with van der Waals surface area (Å²) in [4.78, 5) is 9.92. The fourth-order valence-corrected chi connectivity index (χ4v) is 2.77. The second-order valence-corrected chi connectivity index (χ2v) is 5.59. The quantitative estimate of drug-likeness (QED) is 0.516. The Labute approximate surface area is 95.8 Å². The van der Waals surface area contributed by atoms with Gasteiger partial charge in [0.05, 0.1) is 6.61 Å².